The number of amides is 1. The van der Waals surface area contributed by atoms with Crippen molar-refractivity contribution in [1.82, 2.24) is 15.4 Å². The zero-order valence-electron chi connectivity index (χ0n) is 17.7. The lowest BCUT2D eigenvalue weighted by atomic mass is 9.99. The summed E-state index contributed by atoms with van der Waals surface area (Å²) in [5.74, 6) is -0.670. The van der Waals surface area contributed by atoms with Crippen LogP contribution in [-0.2, 0) is 0 Å². The van der Waals surface area contributed by atoms with Gasteiger partial charge in [0, 0.05) is 10.6 Å². The quantitative estimate of drug-likeness (QED) is 0.242. The summed E-state index contributed by atoms with van der Waals surface area (Å²) < 4.78 is 0. The number of hydrazine groups is 1. The molecule has 0 unspecified atom stereocenters. The number of nitro groups is 1. The maximum absolute atomic E-state index is 12.4. The first-order chi connectivity index (χ1) is 16.5. The third-order valence-corrected chi connectivity index (χ3v) is 5.20. The molecule has 0 saturated carbocycles. The second kappa shape index (κ2) is 10.4. The molecule has 1 amide bonds. The third kappa shape index (κ3) is 5.28. The molecular formula is C24H19ClN6O3. The second-order valence-corrected chi connectivity index (χ2v) is 7.60. The van der Waals surface area contributed by atoms with Gasteiger partial charge in [0.15, 0.2) is 0 Å². The van der Waals surface area contributed by atoms with Crippen molar-refractivity contribution in [1.29, 1.82) is 0 Å². The van der Waals surface area contributed by atoms with Gasteiger partial charge in [-0.15, -0.1) is 0 Å². The van der Waals surface area contributed by atoms with Gasteiger partial charge in [-0.1, -0.05) is 72.3 Å². The Hall–Kier alpha value is -4.50. The molecule has 3 aromatic carbocycles. The Kier molecular flexibility index (Phi) is 6.95. The number of aromatic nitrogens is 2. The minimum absolute atomic E-state index is 0.000878. The number of rotatable bonds is 8. The fourth-order valence-corrected chi connectivity index (χ4v) is 3.45. The molecule has 170 valence electrons. The van der Waals surface area contributed by atoms with Gasteiger partial charge in [-0.25, -0.2) is 9.97 Å². The monoisotopic (exact) mass is 474 g/mol. The van der Waals surface area contributed by atoms with Crippen molar-refractivity contribution in [3.05, 3.63) is 123 Å². The summed E-state index contributed by atoms with van der Waals surface area (Å²) in [7, 11) is 0. The van der Waals surface area contributed by atoms with E-state index < -0.39 is 22.6 Å². The molecule has 0 atom stereocenters. The number of hydrogen-bond donors (Lipinski definition) is 3. The number of anilines is 2. The number of nitrogens with zero attached hydrogens (tertiary/aromatic N) is 3. The molecule has 0 aliphatic heterocycles. The van der Waals surface area contributed by atoms with Crippen LogP contribution >= 0.6 is 11.6 Å². The van der Waals surface area contributed by atoms with Crippen molar-refractivity contribution in [2.75, 3.05) is 10.7 Å². The number of benzene rings is 3. The number of nitrogens with one attached hydrogen (secondary N) is 3. The lowest BCUT2D eigenvalue weighted by Gasteiger charge is -2.20. The first-order valence-corrected chi connectivity index (χ1v) is 10.6. The molecule has 4 aromatic rings. The molecule has 0 aliphatic carbocycles. The van der Waals surface area contributed by atoms with E-state index in [0.717, 1.165) is 11.1 Å². The maximum Gasteiger partial charge on any atom is 0.354 e. The average molecular weight is 475 g/mol. The molecule has 0 spiro atoms. The van der Waals surface area contributed by atoms with Gasteiger partial charge >= 0.3 is 5.69 Å². The van der Waals surface area contributed by atoms with E-state index in [-0.39, 0.29) is 11.6 Å². The third-order valence-electron chi connectivity index (χ3n) is 4.95. The molecule has 1 heterocycles. The Morgan fingerprint density at radius 3 is 1.97 bits per heavy atom. The van der Waals surface area contributed by atoms with Crippen LogP contribution in [0.3, 0.4) is 0 Å². The van der Waals surface area contributed by atoms with Crippen molar-refractivity contribution < 1.29 is 9.72 Å². The Balaban J connectivity index is 1.63. The molecule has 1 aromatic heterocycles. The highest BCUT2D eigenvalue weighted by atomic mass is 35.5. The van der Waals surface area contributed by atoms with Crippen molar-refractivity contribution >= 4 is 34.8 Å². The van der Waals surface area contributed by atoms with Crippen LogP contribution in [-0.4, -0.2) is 20.8 Å². The molecule has 4 rings (SSSR count). The normalized spacial score (nSPS) is 10.5. The Morgan fingerprint density at radius 2 is 1.41 bits per heavy atom. The summed E-state index contributed by atoms with van der Waals surface area (Å²) in [6.07, 6.45) is 1.18. The van der Waals surface area contributed by atoms with Crippen LogP contribution in [0.4, 0.5) is 17.3 Å². The van der Waals surface area contributed by atoms with E-state index in [1.54, 1.807) is 12.1 Å². The summed E-state index contributed by atoms with van der Waals surface area (Å²) in [5.41, 5.74) is 6.66. The van der Waals surface area contributed by atoms with E-state index in [1.807, 2.05) is 60.7 Å². The molecule has 3 N–H and O–H groups in total. The van der Waals surface area contributed by atoms with E-state index in [9.17, 15) is 14.9 Å². The van der Waals surface area contributed by atoms with Gasteiger partial charge in [0.2, 0.25) is 11.6 Å². The van der Waals surface area contributed by atoms with Crippen molar-refractivity contribution in [2.45, 2.75) is 6.04 Å². The van der Waals surface area contributed by atoms with Crippen molar-refractivity contribution in [3.63, 3.8) is 0 Å². The molecule has 34 heavy (non-hydrogen) atoms. The van der Waals surface area contributed by atoms with E-state index in [1.165, 1.54) is 18.5 Å². The van der Waals surface area contributed by atoms with Gasteiger partial charge in [0.25, 0.3) is 5.91 Å². The lowest BCUT2D eigenvalue weighted by molar-refractivity contribution is -0.383. The minimum atomic E-state index is -0.605. The summed E-state index contributed by atoms with van der Waals surface area (Å²) in [5, 5.41) is 15.6. The molecule has 0 bridgehead atoms. The summed E-state index contributed by atoms with van der Waals surface area (Å²) in [4.78, 5) is 31.8. The summed E-state index contributed by atoms with van der Waals surface area (Å²) >= 11 is 5.85. The molecule has 0 radical (unpaired) electrons. The fourth-order valence-electron chi connectivity index (χ4n) is 3.33. The molecule has 10 heteroatoms. The SMILES string of the molecule is O=C(NNc1ncnc(NC(c2ccccc2)c2ccccc2)c1[N+](=O)[O-])c1ccc(Cl)cc1. The Bertz CT molecular complexity index is 1250. The first kappa shape index (κ1) is 22.7. The van der Waals surface area contributed by atoms with E-state index in [2.05, 4.69) is 26.1 Å². The van der Waals surface area contributed by atoms with Gasteiger partial charge in [-0.05, 0) is 35.4 Å². The topological polar surface area (TPSA) is 122 Å². The van der Waals surface area contributed by atoms with Gasteiger partial charge in [0.05, 0.1) is 11.0 Å². The predicted octanol–water partition coefficient (Wildman–Crippen LogP) is 5.00. The molecular weight excluding hydrogens is 456 g/mol. The van der Waals surface area contributed by atoms with Gasteiger partial charge < -0.3 is 5.32 Å². The van der Waals surface area contributed by atoms with Crippen LogP contribution in [0.15, 0.2) is 91.3 Å². The van der Waals surface area contributed by atoms with Crippen molar-refractivity contribution in [3.8, 4) is 0 Å². The zero-order chi connectivity index (χ0) is 23.9. The van der Waals surface area contributed by atoms with Crippen LogP contribution < -0.4 is 16.2 Å². The van der Waals surface area contributed by atoms with Crippen molar-refractivity contribution in [2.24, 2.45) is 0 Å². The number of carbonyl (C=O) groups excluding carboxylic acids is 1. The first-order valence-electron chi connectivity index (χ1n) is 10.2. The zero-order valence-corrected chi connectivity index (χ0v) is 18.4. The standard InChI is InChI=1S/C24H19ClN6O3/c25-19-13-11-18(12-14-19)24(32)30-29-23-21(31(33)34)22(26-15-27-23)28-20(16-7-3-1-4-8-16)17-9-5-2-6-10-17/h1-15,20H,(H,30,32)(H2,26,27,28,29). The highest BCUT2D eigenvalue weighted by Gasteiger charge is 2.26. The van der Waals surface area contributed by atoms with Crippen LogP contribution in [0, 0.1) is 10.1 Å². The number of halogens is 1. The minimum Gasteiger partial charge on any atom is -0.353 e. The Labute approximate surface area is 200 Å². The summed E-state index contributed by atoms with van der Waals surface area (Å²) in [6, 6.07) is 24.8. The maximum atomic E-state index is 12.4. The van der Waals surface area contributed by atoms with Gasteiger partial charge in [-0.3, -0.25) is 25.8 Å². The summed E-state index contributed by atoms with van der Waals surface area (Å²) in [6.45, 7) is 0. The van der Waals surface area contributed by atoms with E-state index in [4.69, 9.17) is 11.6 Å². The average Bonchev–Trinajstić information content (AvgIpc) is 2.87. The highest BCUT2D eigenvalue weighted by Crippen LogP contribution is 2.33. The van der Waals surface area contributed by atoms with Gasteiger partial charge in [0.1, 0.15) is 6.33 Å². The molecule has 0 fully saturated rings. The smallest absolute Gasteiger partial charge is 0.353 e. The number of carbonyl (C=O) groups is 1. The predicted molar refractivity (Wildman–Crippen MR) is 130 cm³/mol. The van der Waals surface area contributed by atoms with E-state index >= 15 is 0 Å². The fraction of sp³-hybridized carbons (Fsp3) is 0.0417. The molecule has 0 aliphatic rings. The van der Waals surface area contributed by atoms with Crippen LogP contribution in [0.2, 0.25) is 5.02 Å². The van der Waals surface area contributed by atoms with Crippen LogP contribution in [0.5, 0.6) is 0 Å². The number of hydrogen-bond acceptors (Lipinski definition) is 7. The largest absolute Gasteiger partial charge is 0.354 e. The second-order valence-electron chi connectivity index (χ2n) is 7.16. The highest BCUT2D eigenvalue weighted by molar-refractivity contribution is 6.30. The molecule has 9 nitrogen and oxygen atoms in total. The van der Waals surface area contributed by atoms with Crippen LogP contribution in [0.25, 0.3) is 0 Å². The van der Waals surface area contributed by atoms with Gasteiger partial charge in [-0.2, -0.15) is 0 Å². The van der Waals surface area contributed by atoms with Crippen LogP contribution in [0.1, 0.15) is 27.5 Å². The Morgan fingerprint density at radius 1 is 0.853 bits per heavy atom. The van der Waals surface area contributed by atoms with E-state index in [0.29, 0.717) is 10.6 Å². The molecule has 0 saturated heterocycles. The lowest BCUT2D eigenvalue weighted by Crippen LogP contribution is -2.30.